The van der Waals surface area contributed by atoms with Gasteiger partial charge in [0.05, 0.1) is 10.5 Å². The highest BCUT2D eigenvalue weighted by Gasteiger charge is 2.29. The molecule has 28 heavy (non-hydrogen) atoms. The summed E-state index contributed by atoms with van der Waals surface area (Å²) in [6.45, 7) is 2.89. The molecule has 1 N–H and O–H groups in total. The number of carbonyl (C=O) groups is 1. The van der Waals surface area contributed by atoms with E-state index in [2.05, 4.69) is 12.2 Å². The SMILES string of the molecule is CC1CCN(S(=O)(=O)c2ccc(F)c(C(=O)Nc3cc(Cl)cc(Cl)c3)c2)CC1. The van der Waals surface area contributed by atoms with E-state index in [0.717, 1.165) is 25.0 Å². The molecular weight excluding hydrogens is 426 g/mol. The quantitative estimate of drug-likeness (QED) is 0.735. The number of carbonyl (C=O) groups excluding carboxylic acids is 1. The molecule has 0 saturated carbocycles. The normalized spacial score (nSPS) is 16.1. The van der Waals surface area contributed by atoms with Crippen molar-refractivity contribution in [3.05, 3.63) is 57.8 Å². The fourth-order valence-corrected chi connectivity index (χ4v) is 5.06. The van der Waals surface area contributed by atoms with Crippen molar-refractivity contribution >= 4 is 44.8 Å². The molecule has 0 bridgehead atoms. The molecule has 0 unspecified atom stereocenters. The lowest BCUT2D eigenvalue weighted by atomic mass is 10.0. The molecule has 1 saturated heterocycles. The molecule has 0 atom stereocenters. The molecule has 5 nitrogen and oxygen atoms in total. The van der Waals surface area contributed by atoms with Gasteiger partial charge in [0, 0.05) is 28.8 Å². The van der Waals surface area contributed by atoms with Gasteiger partial charge in [0.15, 0.2) is 0 Å². The number of nitrogens with one attached hydrogen (secondary N) is 1. The van der Waals surface area contributed by atoms with Crippen molar-refractivity contribution in [1.29, 1.82) is 0 Å². The number of nitrogens with zero attached hydrogens (tertiary/aromatic N) is 1. The average Bonchev–Trinajstić information content (AvgIpc) is 2.61. The summed E-state index contributed by atoms with van der Waals surface area (Å²) in [4.78, 5) is 12.4. The maximum atomic E-state index is 14.2. The van der Waals surface area contributed by atoms with E-state index in [1.165, 1.54) is 28.6 Å². The van der Waals surface area contributed by atoms with E-state index in [9.17, 15) is 17.6 Å². The van der Waals surface area contributed by atoms with Gasteiger partial charge in [-0.2, -0.15) is 4.31 Å². The van der Waals surface area contributed by atoms with Crippen molar-refractivity contribution in [1.82, 2.24) is 4.31 Å². The van der Waals surface area contributed by atoms with Gasteiger partial charge >= 0.3 is 0 Å². The van der Waals surface area contributed by atoms with E-state index < -0.39 is 21.7 Å². The third-order valence-electron chi connectivity index (χ3n) is 4.68. The van der Waals surface area contributed by atoms with Gasteiger partial charge in [0.1, 0.15) is 5.82 Å². The predicted molar refractivity (Wildman–Crippen MR) is 108 cm³/mol. The van der Waals surface area contributed by atoms with E-state index >= 15 is 0 Å². The molecule has 150 valence electrons. The molecule has 1 aliphatic rings. The van der Waals surface area contributed by atoms with Gasteiger partial charge in [-0.25, -0.2) is 12.8 Å². The Labute approximate surface area is 173 Å². The van der Waals surface area contributed by atoms with Crippen molar-refractivity contribution in [2.75, 3.05) is 18.4 Å². The monoisotopic (exact) mass is 444 g/mol. The molecule has 0 spiro atoms. The van der Waals surface area contributed by atoms with Crippen LogP contribution in [0.2, 0.25) is 10.0 Å². The molecule has 0 aromatic heterocycles. The Hall–Kier alpha value is -1.67. The number of sulfonamides is 1. The van der Waals surface area contributed by atoms with Gasteiger partial charge in [-0.3, -0.25) is 4.79 Å². The molecular formula is C19H19Cl2FN2O3S. The maximum absolute atomic E-state index is 14.2. The highest BCUT2D eigenvalue weighted by Crippen LogP contribution is 2.26. The third kappa shape index (κ3) is 4.66. The zero-order valence-corrected chi connectivity index (χ0v) is 17.4. The van der Waals surface area contributed by atoms with E-state index in [-0.39, 0.29) is 16.1 Å². The second kappa shape index (κ2) is 8.37. The molecule has 2 aromatic rings. The number of rotatable bonds is 4. The van der Waals surface area contributed by atoms with Crippen LogP contribution in [0.15, 0.2) is 41.3 Å². The summed E-state index contributed by atoms with van der Waals surface area (Å²) < 4.78 is 41.3. The van der Waals surface area contributed by atoms with Crippen LogP contribution in [0.1, 0.15) is 30.1 Å². The van der Waals surface area contributed by atoms with Crippen LogP contribution in [0.25, 0.3) is 0 Å². The predicted octanol–water partition coefficient (Wildman–Crippen LogP) is 4.81. The summed E-state index contributed by atoms with van der Waals surface area (Å²) in [5.41, 5.74) is -0.0947. The zero-order valence-electron chi connectivity index (χ0n) is 15.1. The second-order valence-electron chi connectivity index (χ2n) is 6.84. The number of halogens is 3. The van der Waals surface area contributed by atoms with Gasteiger partial charge in [0.25, 0.3) is 5.91 Å². The molecule has 1 amide bonds. The van der Waals surface area contributed by atoms with Crippen LogP contribution in [0.4, 0.5) is 10.1 Å². The standard InChI is InChI=1S/C19H19Cl2FN2O3S/c1-12-4-6-24(7-5-12)28(26,27)16-2-3-18(22)17(11-16)19(25)23-15-9-13(20)8-14(21)10-15/h2-3,8-12H,4-7H2,1H3,(H,23,25). The van der Waals surface area contributed by atoms with E-state index in [1.807, 2.05) is 0 Å². The first-order valence-corrected chi connectivity index (χ1v) is 10.9. The number of hydrogen-bond donors (Lipinski definition) is 1. The highest BCUT2D eigenvalue weighted by atomic mass is 35.5. The van der Waals surface area contributed by atoms with Crippen LogP contribution >= 0.6 is 23.2 Å². The van der Waals surface area contributed by atoms with Crippen molar-refractivity contribution in [2.24, 2.45) is 5.92 Å². The Balaban J connectivity index is 1.87. The minimum Gasteiger partial charge on any atom is -0.322 e. The van der Waals surface area contributed by atoms with Crippen LogP contribution in [0.5, 0.6) is 0 Å². The Bertz CT molecular complexity index is 986. The lowest BCUT2D eigenvalue weighted by Crippen LogP contribution is -2.38. The van der Waals surface area contributed by atoms with Crippen LogP contribution in [-0.2, 0) is 10.0 Å². The van der Waals surface area contributed by atoms with E-state index in [1.54, 1.807) is 0 Å². The third-order valence-corrected chi connectivity index (χ3v) is 7.01. The topological polar surface area (TPSA) is 66.5 Å². The number of benzene rings is 2. The van der Waals surface area contributed by atoms with Crippen molar-refractivity contribution in [3.8, 4) is 0 Å². The molecule has 1 aliphatic heterocycles. The van der Waals surface area contributed by atoms with Crippen molar-refractivity contribution in [2.45, 2.75) is 24.7 Å². The molecule has 1 fully saturated rings. The Morgan fingerprint density at radius 3 is 2.32 bits per heavy atom. The molecule has 3 rings (SSSR count). The minimum absolute atomic E-state index is 0.113. The largest absolute Gasteiger partial charge is 0.322 e. The van der Waals surface area contributed by atoms with Crippen molar-refractivity contribution in [3.63, 3.8) is 0 Å². The smallest absolute Gasteiger partial charge is 0.258 e. The van der Waals surface area contributed by atoms with E-state index in [4.69, 9.17) is 23.2 Å². The zero-order chi connectivity index (χ0) is 20.5. The molecule has 2 aromatic carbocycles. The summed E-state index contributed by atoms with van der Waals surface area (Å²) in [5.74, 6) is -1.15. The Kier molecular flexibility index (Phi) is 6.29. The Morgan fingerprint density at radius 2 is 1.71 bits per heavy atom. The summed E-state index contributed by atoms with van der Waals surface area (Å²) in [6, 6.07) is 7.63. The van der Waals surface area contributed by atoms with E-state index in [0.29, 0.717) is 29.1 Å². The lowest BCUT2D eigenvalue weighted by Gasteiger charge is -2.29. The van der Waals surface area contributed by atoms with Crippen LogP contribution in [0, 0.1) is 11.7 Å². The first-order valence-electron chi connectivity index (χ1n) is 8.74. The fourth-order valence-electron chi connectivity index (χ4n) is 3.04. The number of hydrogen-bond acceptors (Lipinski definition) is 3. The molecule has 0 radical (unpaired) electrons. The molecule has 0 aliphatic carbocycles. The minimum atomic E-state index is -3.80. The highest BCUT2D eigenvalue weighted by molar-refractivity contribution is 7.89. The van der Waals surface area contributed by atoms with Crippen LogP contribution in [0.3, 0.4) is 0 Å². The maximum Gasteiger partial charge on any atom is 0.258 e. The fraction of sp³-hybridized carbons (Fsp3) is 0.316. The molecule has 1 heterocycles. The second-order valence-corrected chi connectivity index (χ2v) is 9.65. The lowest BCUT2D eigenvalue weighted by molar-refractivity contribution is 0.102. The van der Waals surface area contributed by atoms with Gasteiger partial charge in [-0.15, -0.1) is 0 Å². The number of piperidine rings is 1. The summed E-state index contributed by atoms with van der Waals surface area (Å²) >= 11 is 11.8. The summed E-state index contributed by atoms with van der Waals surface area (Å²) in [5, 5.41) is 3.10. The summed E-state index contributed by atoms with van der Waals surface area (Å²) in [6.07, 6.45) is 1.53. The number of amides is 1. The first-order chi connectivity index (χ1) is 13.2. The Morgan fingerprint density at radius 1 is 1.11 bits per heavy atom. The van der Waals surface area contributed by atoms with Gasteiger partial charge in [-0.05, 0) is 55.2 Å². The van der Waals surface area contributed by atoms with Crippen LogP contribution in [-0.4, -0.2) is 31.7 Å². The number of anilines is 1. The van der Waals surface area contributed by atoms with Gasteiger partial charge in [0.2, 0.25) is 10.0 Å². The van der Waals surface area contributed by atoms with Gasteiger partial charge in [-0.1, -0.05) is 30.1 Å². The van der Waals surface area contributed by atoms with Crippen molar-refractivity contribution < 1.29 is 17.6 Å². The van der Waals surface area contributed by atoms with Gasteiger partial charge < -0.3 is 5.32 Å². The first kappa shape index (κ1) is 21.0. The molecule has 9 heteroatoms. The average molecular weight is 445 g/mol. The summed E-state index contributed by atoms with van der Waals surface area (Å²) in [7, 11) is -3.80. The van der Waals surface area contributed by atoms with Crippen LogP contribution < -0.4 is 5.32 Å².